The van der Waals surface area contributed by atoms with Gasteiger partial charge < -0.3 is 15.4 Å². The van der Waals surface area contributed by atoms with Gasteiger partial charge in [-0.25, -0.2) is 4.98 Å². The number of para-hydroxylation sites is 1. The number of hydrogen-bond acceptors (Lipinski definition) is 5. The number of anilines is 4. The molecule has 3 rings (SSSR count). The molecule has 0 aliphatic carbocycles. The zero-order valence-corrected chi connectivity index (χ0v) is 15.6. The van der Waals surface area contributed by atoms with Gasteiger partial charge in [0.05, 0.1) is 7.11 Å². The van der Waals surface area contributed by atoms with Crippen molar-refractivity contribution < 1.29 is 4.74 Å². The van der Waals surface area contributed by atoms with Crippen LogP contribution >= 0.6 is 0 Å². The fourth-order valence-corrected chi connectivity index (χ4v) is 2.79. The molecule has 0 aliphatic rings. The van der Waals surface area contributed by atoms with Crippen molar-refractivity contribution in [2.75, 3.05) is 17.7 Å². The Morgan fingerprint density at radius 2 is 1.81 bits per heavy atom. The first-order valence-electron chi connectivity index (χ1n) is 8.67. The van der Waals surface area contributed by atoms with Crippen LogP contribution in [0.1, 0.15) is 30.9 Å². The highest BCUT2D eigenvalue weighted by molar-refractivity contribution is 5.66. The van der Waals surface area contributed by atoms with E-state index in [4.69, 9.17) is 4.74 Å². The van der Waals surface area contributed by atoms with Crippen LogP contribution in [0.2, 0.25) is 0 Å². The molecule has 0 saturated carbocycles. The molecule has 0 radical (unpaired) electrons. The summed E-state index contributed by atoms with van der Waals surface area (Å²) in [7, 11) is 1.65. The van der Waals surface area contributed by atoms with Gasteiger partial charge in [0, 0.05) is 23.6 Å². The first kappa shape index (κ1) is 17.7. The van der Waals surface area contributed by atoms with Crippen molar-refractivity contribution in [1.82, 2.24) is 9.97 Å². The highest BCUT2D eigenvalue weighted by Gasteiger charge is 2.10. The van der Waals surface area contributed by atoms with Crippen molar-refractivity contribution >= 4 is 23.1 Å². The van der Waals surface area contributed by atoms with Gasteiger partial charge in [-0.15, -0.1) is 0 Å². The quantitative estimate of drug-likeness (QED) is 0.624. The molecule has 0 unspecified atom stereocenters. The van der Waals surface area contributed by atoms with Crippen LogP contribution in [0.3, 0.4) is 0 Å². The summed E-state index contributed by atoms with van der Waals surface area (Å²) in [6.45, 7) is 6.48. The van der Waals surface area contributed by atoms with Crippen LogP contribution in [-0.4, -0.2) is 17.1 Å². The third-order valence-corrected chi connectivity index (χ3v) is 4.16. The lowest BCUT2D eigenvalue weighted by molar-refractivity contribution is 0.415. The van der Waals surface area contributed by atoms with Gasteiger partial charge in [0.2, 0.25) is 5.95 Å². The van der Waals surface area contributed by atoms with Crippen molar-refractivity contribution in [3.05, 3.63) is 65.9 Å². The van der Waals surface area contributed by atoms with Gasteiger partial charge in [-0.05, 0) is 42.2 Å². The molecule has 0 amide bonds. The Hall–Kier alpha value is -3.08. The van der Waals surface area contributed by atoms with E-state index in [0.29, 0.717) is 11.9 Å². The van der Waals surface area contributed by atoms with E-state index in [1.165, 1.54) is 11.1 Å². The second-order valence-corrected chi connectivity index (χ2v) is 6.44. The Balaban J connectivity index is 1.84. The minimum Gasteiger partial charge on any atom is -0.497 e. The smallest absolute Gasteiger partial charge is 0.229 e. The SMILES string of the molecule is COc1cccc(Nc2nccc(Nc3c(C)cccc3C(C)C)n2)c1. The lowest BCUT2D eigenvalue weighted by Gasteiger charge is -2.17. The Labute approximate surface area is 154 Å². The van der Waals surface area contributed by atoms with Crippen LogP contribution < -0.4 is 15.4 Å². The molecule has 26 heavy (non-hydrogen) atoms. The van der Waals surface area contributed by atoms with Gasteiger partial charge in [0.1, 0.15) is 11.6 Å². The van der Waals surface area contributed by atoms with E-state index in [2.05, 4.69) is 59.6 Å². The second-order valence-electron chi connectivity index (χ2n) is 6.44. The normalized spacial score (nSPS) is 10.7. The molecule has 1 heterocycles. The molecule has 0 bridgehead atoms. The van der Waals surface area contributed by atoms with E-state index >= 15 is 0 Å². The summed E-state index contributed by atoms with van der Waals surface area (Å²) in [6.07, 6.45) is 1.74. The Bertz CT molecular complexity index is 893. The summed E-state index contributed by atoms with van der Waals surface area (Å²) in [4.78, 5) is 8.89. The van der Waals surface area contributed by atoms with E-state index < -0.39 is 0 Å². The summed E-state index contributed by atoms with van der Waals surface area (Å²) >= 11 is 0. The van der Waals surface area contributed by atoms with Crippen LogP contribution in [0.25, 0.3) is 0 Å². The van der Waals surface area contributed by atoms with Crippen LogP contribution in [-0.2, 0) is 0 Å². The molecule has 134 valence electrons. The minimum absolute atomic E-state index is 0.425. The topological polar surface area (TPSA) is 59.1 Å². The average Bonchev–Trinajstić information content (AvgIpc) is 2.63. The molecule has 0 saturated heterocycles. The van der Waals surface area contributed by atoms with Crippen molar-refractivity contribution in [2.45, 2.75) is 26.7 Å². The van der Waals surface area contributed by atoms with E-state index in [1.54, 1.807) is 13.3 Å². The van der Waals surface area contributed by atoms with Crippen molar-refractivity contribution in [1.29, 1.82) is 0 Å². The molecule has 0 fully saturated rings. The van der Waals surface area contributed by atoms with Crippen molar-refractivity contribution in [2.24, 2.45) is 0 Å². The fraction of sp³-hybridized carbons (Fsp3) is 0.238. The third-order valence-electron chi connectivity index (χ3n) is 4.16. The number of hydrogen-bond donors (Lipinski definition) is 2. The molecule has 0 aliphatic heterocycles. The minimum atomic E-state index is 0.425. The number of rotatable bonds is 6. The van der Waals surface area contributed by atoms with Crippen LogP contribution in [0.15, 0.2) is 54.7 Å². The molecule has 1 aromatic heterocycles. The van der Waals surface area contributed by atoms with E-state index in [-0.39, 0.29) is 0 Å². The van der Waals surface area contributed by atoms with E-state index in [0.717, 1.165) is 22.9 Å². The summed E-state index contributed by atoms with van der Waals surface area (Å²) in [5.41, 5.74) is 4.44. The van der Waals surface area contributed by atoms with Crippen LogP contribution in [0.4, 0.5) is 23.1 Å². The van der Waals surface area contributed by atoms with Gasteiger partial charge in [-0.1, -0.05) is 38.1 Å². The highest BCUT2D eigenvalue weighted by atomic mass is 16.5. The Morgan fingerprint density at radius 1 is 1.00 bits per heavy atom. The molecule has 2 N–H and O–H groups in total. The number of ether oxygens (including phenoxy) is 1. The average molecular weight is 348 g/mol. The highest BCUT2D eigenvalue weighted by Crippen LogP contribution is 2.30. The molecule has 0 spiro atoms. The van der Waals surface area contributed by atoms with Crippen LogP contribution in [0, 0.1) is 6.92 Å². The Morgan fingerprint density at radius 3 is 2.58 bits per heavy atom. The number of benzene rings is 2. The summed E-state index contributed by atoms with van der Waals surface area (Å²) in [5, 5.41) is 6.67. The predicted molar refractivity (Wildman–Crippen MR) is 107 cm³/mol. The maximum absolute atomic E-state index is 5.25. The standard InChI is InChI=1S/C21H24N4O/c1-14(2)18-10-5-7-15(3)20(18)24-19-11-12-22-21(25-19)23-16-8-6-9-17(13-16)26-4/h5-14H,1-4H3,(H2,22,23,24,25). The zero-order valence-electron chi connectivity index (χ0n) is 15.6. The first-order valence-corrected chi connectivity index (χ1v) is 8.67. The molecule has 2 aromatic carbocycles. The summed E-state index contributed by atoms with van der Waals surface area (Å²) in [5.74, 6) is 2.49. The van der Waals surface area contributed by atoms with E-state index in [1.807, 2.05) is 30.3 Å². The lowest BCUT2D eigenvalue weighted by Crippen LogP contribution is -2.04. The van der Waals surface area contributed by atoms with Gasteiger partial charge in [-0.3, -0.25) is 0 Å². The number of methoxy groups -OCH3 is 1. The third kappa shape index (κ3) is 4.11. The molecular formula is C21H24N4O. The largest absolute Gasteiger partial charge is 0.497 e. The number of aromatic nitrogens is 2. The van der Waals surface area contributed by atoms with Gasteiger partial charge >= 0.3 is 0 Å². The first-order chi connectivity index (χ1) is 12.6. The van der Waals surface area contributed by atoms with Crippen molar-refractivity contribution in [3.8, 4) is 5.75 Å². The number of nitrogens with one attached hydrogen (secondary N) is 2. The maximum Gasteiger partial charge on any atom is 0.229 e. The molecule has 3 aromatic rings. The van der Waals surface area contributed by atoms with Gasteiger partial charge in [-0.2, -0.15) is 4.98 Å². The summed E-state index contributed by atoms with van der Waals surface area (Å²) < 4.78 is 5.25. The Kier molecular flexibility index (Phi) is 5.37. The molecular weight excluding hydrogens is 324 g/mol. The number of nitrogens with zero attached hydrogens (tertiary/aromatic N) is 2. The molecule has 0 atom stereocenters. The monoisotopic (exact) mass is 348 g/mol. The second kappa shape index (κ2) is 7.87. The molecule has 5 heteroatoms. The summed E-state index contributed by atoms with van der Waals surface area (Å²) in [6, 6.07) is 15.9. The lowest BCUT2D eigenvalue weighted by atomic mass is 9.98. The van der Waals surface area contributed by atoms with Crippen LogP contribution in [0.5, 0.6) is 5.75 Å². The van der Waals surface area contributed by atoms with E-state index in [9.17, 15) is 0 Å². The fourth-order valence-electron chi connectivity index (χ4n) is 2.79. The van der Waals surface area contributed by atoms with Gasteiger partial charge in [0.25, 0.3) is 0 Å². The molecule has 5 nitrogen and oxygen atoms in total. The zero-order chi connectivity index (χ0) is 18.5. The predicted octanol–water partition coefficient (Wildman–Crippen LogP) is 5.40. The number of aryl methyl sites for hydroxylation is 1. The van der Waals surface area contributed by atoms with Crippen molar-refractivity contribution in [3.63, 3.8) is 0 Å². The maximum atomic E-state index is 5.25. The van der Waals surface area contributed by atoms with Gasteiger partial charge in [0.15, 0.2) is 0 Å².